The van der Waals surface area contributed by atoms with Crippen LogP contribution in [0.3, 0.4) is 0 Å². The summed E-state index contributed by atoms with van der Waals surface area (Å²) >= 11 is 6.48. The summed E-state index contributed by atoms with van der Waals surface area (Å²) in [7, 11) is 0. The van der Waals surface area contributed by atoms with E-state index in [-0.39, 0.29) is 49.9 Å². The number of esters is 1. The largest absolute Gasteiger partial charge is 0.493 e. The van der Waals surface area contributed by atoms with Crippen LogP contribution in [0.25, 0.3) is 0 Å². The van der Waals surface area contributed by atoms with Crippen molar-refractivity contribution in [3.05, 3.63) is 79.2 Å². The first-order valence-electron chi connectivity index (χ1n) is 10.3. The second-order valence-electron chi connectivity index (χ2n) is 7.54. The summed E-state index contributed by atoms with van der Waals surface area (Å²) in [6.07, 6.45) is 6.94. The van der Waals surface area contributed by atoms with Gasteiger partial charge in [-0.2, -0.15) is 6.42 Å². The van der Waals surface area contributed by atoms with Gasteiger partial charge in [0.2, 0.25) is 0 Å². The van der Waals surface area contributed by atoms with Crippen molar-refractivity contribution in [2.24, 2.45) is 11.8 Å². The number of benzene rings is 2. The molecule has 6 heteroatoms. The second kappa shape index (κ2) is 13.4. The summed E-state index contributed by atoms with van der Waals surface area (Å²) in [5, 5.41) is 10.4. The van der Waals surface area contributed by atoms with Crippen LogP contribution >= 0.6 is 11.6 Å². The van der Waals surface area contributed by atoms with Gasteiger partial charge >= 0.3 is 5.97 Å². The van der Waals surface area contributed by atoms with Gasteiger partial charge in [-0.25, -0.2) is 4.79 Å². The first kappa shape index (κ1) is 26.1. The first-order valence-corrected chi connectivity index (χ1v) is 10.8. The van der Waals surface area contributed by atoms with Crippen LogP contribution in [0, 0.1) is 18.8 Å². The number of aliphatic hydroxyl groups is 1. The minimum Gasteiger partial charge on any atom is -0.493 e. The molecule has 1 aliphatic carbocycles. The molecule has 0 unspecified atom stereocenters. The molecule has 1 radical (unpaired) electrons. The predicted octanol–water partition coefficient (Wildman–Crippen LogP) is 5.45. The SMILES string of the molecule is [CH2-]CC/C=C\C[C@@H]1[C@@H](COc2cccc(OC(=O)c3ccccc3)c2)[C@H](O)C[C@H]1Cl.[Y]. The average Bonchev–Trinajstić information content (AvgIpc) is 3.03. The predicted molar refractivity (Wildman–Crippen MR) is 119 cm³/mol. The van der Waals surface area contributed by atoms with E-state index in [1.807, 2.05) is 12.1 Å². The number of hydrogen-bond donors (Lipinski definition) is 1. The quantitative estimate of drug-likeness (QED) is 0.158. The van der Waals surface area contributed by atoms with Crippen LogP contribution in [0.5, 0.6) is 11.5 Å². The van der Waals surface area contributed by atoms with E-state index in [9.17, 15) is 9.90 Å². The van der Waals surface area contributed by atoms with E-state index in [2.05, 4.69) is 19.1 Å². The average molecular weight is 517 g/mol. The zero-order valence-corrected chi connectivity index (χ0v) is 21.1. The minimum atomic E-state index is -0.488. The normalized spacial score (nSPS) is 22.8. The number of carbonyl (C=O) groups is 1. The number of carbonyl (C=O) groups excluding carboxylic acids is 1. The van der Waals surface area contributed by atoms with Gasteiger partial charge in [0.25, 0.3) is 0 Å². The van der Waals surface area contributed by atoms with Crippen LogP contribution in [0.2, 0.25) is 0 Å². The minimum absolute atomic E-state index is 0. The van der Waals surface area contributed by atoms with Crippen LogP contribution in [-0.2, 0) is 32.7 Å². The molecule has 3 rings (SSSR count). The van der Waals surface area contributed by atoms with E-state index in [0.29, 0.717) is 30.1 Å². The van der Waals surface area contributed by atoms with Crippen LogP contribution < -0.4 is 9.47 Å². The molecule has 0 amide bonds. The van der Waals surface area contributed by atoms with Crippen molar-refractivity contribution in [1.82, 2.24) is 0 Å². The Morgan fingerprint density at radius 2 is 1.84 bits per heavy atom. The third kappa shape index (κ3) is 7.71. The van der Waals surface area contributed by atoms with Crippen LogP contribution in [0.4, 0.5) is 0 Å². The van der Waals surface area contributed by atoms with Crippen molar-refractivity contribution in [1.29, 1.82) is 0 Å². The maximum absolute atomic E-state index is 12.2. The molecule has 4 nitrogen and oxygen atoms in total. The van der Waals surface area contributed by atoms with Crippen molar-refractivity contribution in [2.45, 2.75) is 37.2 Å². The van der Waals surface area contributed by atoms with E-state index < -0.39 is 12.1 Å². The van der Waals surface area contributed by atoms with Crippen molar-refractivity contribution < 1.29 is 52.1 Å². The number of alkyl halides is 1. The third-order valence-electron chi connectivity index (χ3n) is 5.39. The Balaban J connectivity index is 0.00000341. The fraction of sp³-hybridized carbons (Fsp3) is 0.360. The molecule has 4 atom stereocenters. The van der Waals surface area contributed by atoms with Gasteiger partial charge in [0.1, 0.15) is 11.5 Å². The molecule has 1 aliphatic rings. The molecule has 0 aliphatic heterocycles. The van der Waals surface area contributed by atoms with Crippen molar-refractivity contribution in [3.63, 3.8) is 0 Å². The zero-order valence-electron chi connectivity index (χ0n) is 17.5. The molecule has 1 fully saturated rings. The number of rotatable bonds is 9. The van der Waals surface area contributed by atoms with Gasteiger partial charge < -0.3 is 21.5 Å². The van der Waals surface area contributed by atoms with Crippen LogP contribution in [0.1, 0.15) is 36.0 Å². The molecule has 1 N–H and O–H groups in total. The van der Waals surface area contributed by atoms with Crippen LogP contribution in [-0.4, -0.2) is 29.2 Å². The summed E-state index contributed by atoms with van der Waals surface area (Å²) in [5.74, 6) is 0.688. The Labute approximate surface area is 214 Å². The molecular formula is C25H28ClO4Y-. The van der Waals surface area contributed by atoms with E-state index in [4.69, 9.17) is 21.1 Å². The number of aliphatic hydroxyl groups excluding tert-OH is 1. The van der Waals surface area contributed by atoms with Crippen LogP contribution in [0.15, 0.2) is 66.7 Å². The van der Waals surface area contributed by atoms with Crippen molar-refractivity contribution >= 4 is 17.6 Å². The first-order chi connectivity index (χ1) is 14.6. The van der Waals surface area contributed by atoms with Gasteiger partial charge in [-0.3, -0.25) is 0 Å². The van der Waals surface area contributed by atoms with Crippen molar-refractivity contribution in [2.75, 3.05) is 6.61 Å². The summed E-state index contributed by atoms with van der Waals surface area (Å²) in [6.45, 7) is 4.19. The fourth-order valence-corrected chi connectivity index (χ4v) is 4.21. The maximum atomic E-state index is 12.2. The number of unbranched alkanes of at least 4 members (excludes halogenated alkanes) is 1. The van der Waals surface area contributed by atoms with Gasteiger partial charge in [-0.1, -0.05) is 42.8 Å². The maximum Gasteiger partial charge on any atom is 0.343 e. The van der Waals surface area contributed by atoms with Gasteiger partial charge in [0.15, 0.2) is 0 Å². The van der Waals surface area contributed by atoms with Gasteiger partial charge in [0.05, 0.1) is 18.3 Å². The van der Waals surface area contributed by atoms with E-state index in [1.54, 1.807) is 42.5 Å². The van der Waals surface area contributed by atoms with E-state index in [1.165, 1.54) is 0 Å². The molecule has 0 spiro atoms. The van der Waals surface area contributed by atoms with Crippen molar-refractivity contribution in [3.8, 4) is 11.5 Å². The number of ether oxygens (including phenoxy) is 2. The van der Waals surface area contributed by atoms with Gasteiger partial charge in [0, 0.05) is 50.1 Å². The Hall–Kier alpha value is -1.20. The number of allylic oxidation sites excluding steroid dienone is 2. The summed E-state index contributed by atoms with van der Waals surface area (Å²) in [4.78, 5) is 12.2. The smallest absolute Gasteiger partial charge is 0.343 e. The Kier molecular flexibility index (Phi) is 11.2. The Bertz CT molecular complexity index is 842. The zero-order chi connectivity index (χ0) is 21.3. The molecular weight excluding hydrogens is 489 g/mol. The van der Waals surface area contributed by atoms with Gasteiger partial charge in [-0.15, -0.1) is 11.6 Å². The third-order valence-corrected chi connectivity index (χ3v) is 5.89. The Morgan fingerprint density at radius 3 is 2.58 bits per heavy atom. The summed E-state index contributed by atoms with van der Waals surface area (Å²) in [6, 6.07) is 15.8. The molecule has 2 aromatic carbocycles. The topological polar surface area (TPSA) is 55.8 Å². The molecule has 0 saturated heterocycles. The monoisotopic (exact) mass is 516 g/mol. The summed E-state index contributed by atoms with van der Waals surface area (Å²) in [5.41, 5.74) is 0.487. The molecule has 163 valence electrons. The van der Waals surface area contributed by atoms with E-state index >= 15 is 0 Å². The second-order valence-corrected chi connectivity index (χ2v) is 8.10. The number of halogens is 1. The molecule has 2 aromatic rings. The molecule has 1 saturated carbocycles. The molecule has 0 bridgehead atoms. The Morgan fingerprint density at radius 1 is 1.10 bits per heavy atom. The van der Waals surface area contributed by atoms with Gasteiger partial charge in [-0.05, 0) is 43.0 Å². The molecule has 0 aromatic heterocycles. The standard InChI is InChI=1S/C25H28ClO4.Y/c1-2-3-4-8-14-21-22(24(27)16-23(21)26)17-29-19-12-9-13-20(15-19)30-25(28)18-10-6-5-7-11-18;/h4-13,15,21-24,27H,1-3,14,16-17H2;/q-1;/b8-4-;/t21-,22-,23-,24-;/m1./s1. The fourth-order valence-electron chi connectivity index (χ4n) is 3.74. The number of hydrogen-bond acceptors (Lipinski definition) is 4. The summed E-state index contributed by atoms with van der Waals surface area (Å²) < 4.78 is 11.4. The molecule has 0 heterocycles. The molecule has 31 heavy (non-hydrogen) atoms. The van der Waals surface area contributed by atoms with E-state index in [0.717, 1.165) is 19.3 Å².